The summed E-state index contributed by atoms with van der Waals surface area (Å²) in [4.78, 5) is 8.62. The molecule has 114 valence electrons. The summed E-state index contributed by atoms with van der Waals surface area (Å²) < 4.78 is 5.59. The van der Waals surface area contributed by atoms with Crippen molar-refractivity contribution in [3.63, 3.8) is 0 Å². The number of aliphatic hydroxyl groups is 3. The van der Waals surface area contributed by atoms with Crippen molar-refractivity contribution in [1.29, 1.82) is 0 Å². The van der Waals surface area contributed by atoms with E-state index in [0.717, 1.165) is 0 Å². The van der Waals surface area contributed by atoms with E-state index in [4.69, 9.17) is 16.2 Å². The predicted molar refractivity (Wildman–Crippen MR) is 77.6 cm³/mol. The molecule has 3 heterocycles. The van der Waals surface area contributed by atoms with Crippen LogP contribution < -0.4 is 11.5 Å². The Morgan fingerprint density at radius 2 is 2.14 bits per heavy atom. The van der Waals surface area contributed by atoms with Crippen LogP contribution in [-0.2, 0) is 4.74 Å². The molecule has 0 radical (unpaired) electrons. The molecule has 9 heteroatoms. The maximum absolute atomic E-state index is 10.5. The molecule has 1 aliphatic heterocycles. The van der Waals surface area contributed by atoms with E-state index < -0.39 is 30.5 Å². The number of anilines is 2. The Labute approximate surface area is 124 Å². The number of rotatable bonds is 2. The topological polar surface area (TPSA) is 148 Å². The van der Waals surface area contributed by atoms with Gasteiger partial charge in [0.2, 0.25) is 5.95 Å². The SMILES string of the molecule is C[C@@]1(O)[C@H](O)[C@@H](CO)O[C@H]1c1scc2c(N)nc(N)nc12. The smallest absolute Gasteiger partial charge is 0.222 e. The molecule has 0 amide bonds. The standard InChI is InChI=1S/C12H16N4O4S/c1-12(19)8(18)5(2-17)20-9(12)7-6-4(3-21-7)10(13)16-11(14)15-6/h3,5,8-9,17-19H,2H2,1H3,(H4,13,14,15,16)/t5-,8-,9+,12-/m1/s1. The second kappa shape index (κ2) is 4.75. The maximum atomic E-state index is 10.5. The third-order valence-electron chi connectivity index (χ3n) is 3.74. The van der Waals surface area contributed by atoms with Crippen molar-refractivity contribution >= 4 is 34.0 Å². The van der Waals surface area contributed by atoms with E-state index in [2.05, 4.69) is 9.97 Å². The lowest BCUT2D eigenvalue weighted by Gasteiger charge is -2.25. The lowest BCUT2D eigenvalue weighted by molar-refractivity contribution is -0.0630. The minimum Gasteiger partial charge on any atom is -0.394 e. The van der Waals surface area contributed by atoms with Crippen molar-refractivity contribution in [2.45, 2.75) is 30.8 Å². The number of thiophene rings is 1. The van der Waals surface area contributed by atoms with Crippen LogP contribution in [-0.4, -0.2) is 49.7 Å². The van der Waals surface area contributed by atoms with Gasteiger partial charge in [0.25, 0.3) is 0 Å². The predicted octanol–water partition coefficient (Wildman–Crippen LogP) is -0.600. The molecule has 0 aliphatic carbocycles. The zero-order chi connectivity index (χ0) is 15.4. The van der Waals surface area contributed by atoms with Gasteiger partial charge >= 0.3 is 0 Å². The van der Waals surface area contributed by atoms with Gasteiger partial charge in [0, 0.05) is 5.38 Å². The molecule has 0 aromatic carbocycles. The lowest BCUT2D eigenvalue weighted by Crippen LogP contribution is -2.42. The number of nitrogen functional groups attached to an aromatic ring is 2. The summed E-state index contributed by atoms with van der Waals surface area (Å²) in [5.74, 6) is 0.272. The fourth-order valence-corrected chi connectivity index (χ4v) is 3.72. The summed E-state index contributed by atoms with van der Waals surface area (Å²) in [6, 6.07) is 0. The van der Waals surface area contributed by atoms with E-state index in [1.165, 1.54) is 18.3 Å². The maximum Gasteiger partial charge on any atom is 0.222 e. The normalized spacial score (nSPS) is 32.9. The number of ether oxygens (including phenoxy) is 1. The summed E-state index contributed by atoms with van der Waals surface area (Å²) >= 11 is 1.28. The quantitative estimate of drug-likeness (QED) is 0.493. The van der Waals surface area contributed by atoms with Gasteiger partial charge in [-0.15, -0.1) is 11.3 Å². The fourth-order valence-electron chi connectivity index (χ4n) is 2.56. The molecule has 2 aromatic rings. The summed E-state index contributed by atoms with van der Waals surface area (Å²) in [5.41, 5.74) is 10.3. The van der Waals surface area contributed by atoms with E-state index >= 15 is 0 Å². The Morgan fingerprint density at radius 3 is 2.76 bits per heavy atom. The number of hydrogen-bond acceptors (Lipinski definition) is 9. The first kappa shape index (κ1) is 14.4. The molecule has 0 bridgehead atoms. The molecule has 2 aromatic heterocycles. The summed E-state index contributed by atoms with van der Waals surface area (Å²) in [6.45, 7) is 1.06. The van der Waals surface area contributed by atoms with Gasteiger partial charge in [0.1, 0.15) is 29.7 Å². The minimum absolute atomic E-state index is 0.0246. The van der Waals surface area contributed by atoms with E-state index in [1.807, 2.05) is 0 Å². The number of aromatic nitrogens is 2. The largest absolute Gasteiger partial charge is 0.394 e. The van der Waals surface area contributed by atoms with E-state index in [9.17, 15) is 15.3 Å². The molecule has 8 nitrogen and oxygen atoms in total. The Hall–Kier alpha value is -1.52. The van der Waals surface area contributed by atoms with Crippen LogP contribution in [0.15, 0.2) is 5.38 Å². The zero-order valence-electron chi connectivity index (χ0n) is 11.2. The van der Waals surface area contributed by atoms with Gasteiger partial charge in [-0.1, -0.05) is 0 Å². The second-order valence-corrected chi connectivity index (χ2v) is 6.15. The average molecular weight is 312 g/mol. The van der Waals surface area contributed by atoms with E-state index in [0.29, 0.717) is 15.8 Å². The average Bonchev–Trinajstić information content (AvgIpc) is 2.91. The first-order valence-electron chi connectivity index (χ1n) is 6.33. The highest BCUT2D eigenvalue weighted by molar-refractivity contribution is 7.11. The molecular formula is C12H16N4O4S. The van der Waals surface area contributed by atoms with Crippen LogP contribution >= 0.6 is 11.3 Å². The van der Waals surface area contributed by atoms with Gasteiger partial charge in [0.05, 0.1) is 22.4 Å². The summed E-state index contributed by atoms with van der Waals surface area (Å²) in [7, 11) is 0. The molecule has 4 atom stereocenters. The first-order valence-corrected chi connectivity index (χ1v) is 7.21. The molecule has 21 heavy (non-hydrogen) atoms. The van der Waals surface area contributed by atoms with Crippen LogP contribution in [0.1, 0.15) is 17.9 Å². The van der Waals surface area contributed by atoms with Crippen LogP contribution in [0.4, 0.5) is 11.8 Å². The zero-order valence-corrected chi connectivity index (χ0v) is 12.0. The minimum atomic E-state index is -1.56. The molecule has 1 saturated heterocycles. The Morgan fingerprint density at radius 1 is 1.43 bits per heavy atom. The molecule has 3 rings (SSSR count). The van der Waals surface area contributed by atoms with Crippen LogP contribution in [0.25, 0.3) is 10.9 Å². The number of fused-ring (bicyclic) bond motifs is 1. The van der Waals surface area contributed by atoms with Gasteiger partial charge in [0.15, 0.2) is 0 Å². The Balaban J connectivity index is 2.13. The van der Waals surface area contributed by atoms with Crippen molar-refractivity contribution in [3.05, 3.63) is 10.3 Å². The molecule has 0 saturated carbocycles. The second-order valence-electron chi connectivity index (χ2n) is 5.24. The third-order valence-corrected chi connectivity index (χ3v) is 4.76. The number of nitrogens with zero attached hydrogens (tertiary/aromatic N) is 2. The van der Waals surface area contributed by atoms with E-state index in [-0.39, 0.29) is 11.8 Å². The van der Waals surface area contributed by atoms with Gasteiger partial charge in [-0.2, -0.15) is 4.98 Å². The van der Waals surface area contributed by atoms with Gasteiger partial charge in [-0.05, 0) is 6.92 Å². The van der Waals surface area contributed by atoms with Gasteiger partial charge < -0.3 is 31.5 Å². The summed E-state index contributed by atoms with van der Waals surface area (Å²) in [6.07, 6.45) is -2.90. The Bertz CT molecular complexity index is 689. The summed E-state index contributed by atoms with van der Waals surface area (Å²) in [5, 5.41) is 32.2. The lowest BCUT2D eigenvalue weighted by atomic mass is 9.92. The van der Waals surface area contributed by atoms with Crippen molar-refractivity contribution in [2.24, 2.45) is 0 Å². The number of aliphatic hydroxyl groups excluding tert-OH is 2. The highest BCUT2D eigenvalue weighted by Crippen LogP contribution is 2.46. The molecular weight excluding hydrogens is 296 g/mol. The van der Waals surface area contributed by atoms with Crippen LogP contribution in [0.5, 0.6) is 0 Å². The highest BCUT2D eigenvalue weighted by Gasteiger charge is 2.53. The van der Waals surface area contributed by atoms with Crippen molar-refractivity contribution < 1.29 is 20.1 Å². The molecule has 1 aliphatic rings. The molecule has 7 N–H and O–H groups in total. The number of nitrogens with two attached hydrogens (primary N) is 2. The monoisotopic (exact) mass is 312 g/mol. The molecule has 0 spiro atoms. The highest BCUT2D eigenvalue weighted by atomic mass is 32.1. The fraction of sp³-hybridized carbons (Fsp3) is 0.500. The van der Waals surface area contributed by atoms with Gasteiger partial charge in [-0.25, -0.2) is 4.98 Å². The van der Waals surface area contributed by atoms with Crippen LogP contribution in [0.2, 0.25) is 0 Å². The number of hydrogen-bond donors (Lipinski definition) is 5. The van der Waals surface area contributed by atoms with Crippen LogP contribution in [0, 0.1) is 0 Å². The van der Waals surface area contributed by atoms with Crippen LogP contribution in [0.3, 0.4) is 0 Å². The third kappa shape index (κ3) is 2.05. The van der Waals surface area contributed by atoms with Gasteiger partial charge in [-0.3, -0.25) is 0 Å². The molecule has 1 fully saturated rings. The molecule has 0 unspecified atom stereocenters. The van der Waals surface area contributed by atoms with Crippen molar-refractivity contribution in [2.75, 3.05) is 18.1 Å². The Kier molecular flexibility index (Phi) is 3.26. The van der Waals surface area contributed by atoms with Crippen molar-refractivity contribution in [1.82, 2.24) is 9.97 Å². The van der Waals surface area contributed by atoms with E-state index in [1.54, 1.807) is 5.38 Å². The first-order chi connectivity index (χ1) is 9.86. The van der Waals surface area contributed by atoms with Crippen molar-refractivity contribution in [3.8, 4) is 0 Å².